The molecule has 0 aliphatic heterocycles. The molecule has 1 atom stereocenters. The van der Waals surface area contributed by atoms with Gasteiger partial charge in [-0.25, -0.2) is 18.6 Å². The molecule has 1 amide bonds. The molecule has 36 heavy (non-hydrogen) atoms. The van der Waals surface area contributed by atoms with E-state index in [0.29, 0.717) is 10.8 Å². The number of alkyl halides is 3. The van der Waals surface area contributed by atoms with Crippen LogP contribution in [0.4, 0.5) is 28.4 Å². The summed E-state index contributed by atoms with van der Waals surface area (Å²) in [6.07, 6.45) is -0.463. The molecule has 1 aliphatic carbocycles. The zero-order valence-corrected chi connectivity index (χ0v) is 20.7. The number of amides is 1. The van der Waals surface area contributed by atoms with E-state index in [1.807, 2.05) is 0 Å². The van der Waals surface area contributed by atoms with Crippen molar-refractivity contribution in [3.8, 4) is 17.1 Å². The summed E-state index contributed by atoms with van der Waals surface area (Å²) in [5, 5.41) is 4.78. The SMILES string of the molecule is CC(C)(C(=O)Nc1ccc(-c2cncc(OCC(F)(F)F)n2)cc1F)c1csc(NS(=O)C2CC2)n1. The van der Waals surface area contributed by atoms with Crippen LogP contribution in [0.25, 0.3) is 11.3 Å². The Bertz CT molecular complexity index is 1290. The molecule has 1 aromatic carbocycles. The fourth-order valence-electron chi connectivity index (χ4n) is 2.94. The number of aromatic nitrogens is 3. The minimum Gasteiger partial charge on any atom is -0.467 e. The first-order chi connectivity index (χ1) is 16.9. The summed E-state index contributed by atoms with van der Waals surface area (Å²) in [5.74, 6) is -1.65. The fraction of sp³-hybridized carbons (Fsp3) is 0.364. The lowest BCUT2D eigenvalue weighted by Crippen LogP contribution is -2.35. The normalized spacial score (nSPS) is 14.8. The van der Waals surface area contributed by atoms with E-state index in [4.69, 9.17) is 0 Å². The van der Waals surface area contributed by atoms with Crippen molar-refractivity contribution in [3.63, 3.8) is 0 Å². The highest BCUT2D eigenvalue weighted by Gasteiger charge is 2.34. The zero-order valence-electron chi connectivity index (χ0n) is 19.1. The maximum atomic E-state index is 14.8. The zero-order chi connectivity index (χ0) is 26.1. The van der Waals surface area contributed by atoms with Gasteiger partial charge in [0.1, 0.15) is 16.8 Å². The second-order valence-electron chi connectivity index (χ2n) is 8.56. The first-order valence-corrected chi connectivity index (χ1v) is 12.8. The monoisotopic (exact) mass is 543 g/mol. The van der Waals surface area contributed by atoms with Gasteiger partial charge in [-0.2, -0.15) is 13.2 Å². The van der Waals surface area contributed by atoms with Gasteiger partial charge in [-0.15, -0.1) is 11.3 Å². The Kier molecular flexibility index (Phi) is 7.27. The van der Waals surface area contributed by atoms with Gasteiger partial charge in [0.15, 0.2) is 11.7 Å². The van der Waals surface area contributed by atoms with Gasteiger partial charge in [0.2, 0.25) is 11.8 Å². The molecule has 4 rings (SSSR count). The molecular weight excluding hydrogens is 522 g/mol. The van der Waals surface area contributed by atoms with Crippen molar-refractivity contribution in [1.29, 1.82) is 0 Å². The number of carbonyl (C=O) groups is 1. The number of nitrogens with zero attached hydrogens (tertiary/aromatic N) is 3. The van der Waals surface area contributed by atoms with Crippen LogP contribution in [-0.2, 0) is 21.2 Å². The van der Waals surface area contributed by atoms with Gasteiger partial charge in [0.05, 0.1) is 40.1 Å². The van der Waals surface area contributed by atoms with E-state index in [1.165, 1.54) is 29.7 Å². The average molecular weight is 544 g/mol. The maximum Gasteiger partial charge on any atom is 0.422 e. The molecule has 2 N–H and O–H groups in total. The summed E-state index contributed by atoms with van der Waals surface area (Å²) in [6.45, 7) is 1.73. The average Bonchev–Trinajstić information content (AvgIpc) is 3.57. The third-order valence-corrected chi connectivity index (χ3v) is 7.59. The summed E-state index contributed by atoms with van der Waals surface area (Å²) < 4.78 is 71.4. The van der Waals surface area contributed by atoms with Gasteiger partial charge in [-0.1, -0.05) is 6.07 Å². The molecule has 0 spiro atoms. The van der Waals surface area contributed by atoms with Gasteiger partial charge in [-0.05, 0) is 38.8 Å². The molecule has 8 nitrogen and oxygen atoms in total. The predicted molar refractivity (Wildman–Crippen MR) is 128 cm³/mol. The molecule has 0 bridgehead atoms. The van der Waals surface area contributed by atoms with Crippen molar-refractivity contribution < 1.29 is 31.3 Å². The van der Waals surface area contributed by atoms with Crippen LogP contribution >= 0.6 is 11.3 Å². The van der Waals surface area contributed by atoms with Gasteiger partial charge >= 0.3 is 6.18 Å². The first-order valence-electron chi connectivity index (χ1n) is 10.7. The molecule has 2 aromatic heterocycles. The Morgan fingerprint density at radius 2 is 1.97 bits per heavy atom. The highest BCUT2D eigenvalue weighted by atomic mass is 32.2. The molecule has 0 saturated heterocycles. The summed E-state index contributed by atoms with van der Waals surface area (Å²) in [5.41, 5.74) is -0.467. The molecule has 14 heteroatoms. The van der Waals surface area contributed by atoms with E-state index in [0.717, 1.165) is 25.1 Å². The smallest absolute Gasteiger partial charge is 0.422 e. The summed E-state index contributed by atoms with van der Waals surface area (Å²) >= 11 is 1.23. The van der Waals surface area contributed by atoms with Crippen LogP contribution in [0.5, 0.6) is 5.88 Å². The Morgan fingerprint density at radius 3 is 2.64 bits per heavy atom. The lowest BCUT2D eigenvalue weighted by molar-refractivity contribution is -0.154. The van der Waals surface area contributed by atoms with Crippen LogP contribution in [0.1, 0.15) is 32.4 Å². The lowest BCUT2D eigenvalue weighted by atomic mass is 9.89. The van der Waals surface area contributed by atoms with Crippen LogP contribution in [0.15, 0.2) is 36.0 Å². The Morgan fingerprint density at radius 1 is 1.22 bits per heavy atom. The van der Waals surface area contributed by atoms with Gasteiger partial charge in [0, 0.05) is 10.9 Å². The number of hydrogen-bond acceptors (Lipinski definition) is 7. The number of rotatable bonds is 9. The number of halogens is 4. The van der Waals surface area contributed by atoms with Crippen LogP contribution in [0.3, 0.4) is 0 Å². The second kappa shape index (κ2) is 10.1. The summed E-state index contributed by atoms with van der Waals surface area (Å²) in [7, 11) is -1.22. The molecule has 1 fully saturated rings. The van der Waals surface area contributed by atoms with E-state index in [1.54, 1.807) is 19.2 Å². The molecule has 3 aromatic rings. The Labute approximate surface area is 210 Å². The van der Waals surface area contributed by atoms with Crippen LogP contribution < -0.4 is 14.8 Å². The number of ether oxygens (including phenoxy) is 1. The van der Waals surface area contributed by atoms with Crippen molar-refractivity contribution >= 4 is 39.0 Å². The van der Waals surface area contributed by atoms with E-state index >= 15 is 0 Å². The Balaban J connectivity index is 1.44. The van der Waals surface area contributed by atoms with Gasteiger partial charge < -0.3 is 10.1 Å². The highest BCUT2D eigenvalue weighted by molar-refractivity contribution is 7.87. The van der Waals surface area contributed by atoms with Crippen molar-refractivity contribution in [2.45, 2.75) is 43.5 Å². The molecule has 1 unspecified atom stereocenters. The van der Waals surface area contributed by atoms with Crippen molar-refractivity contribution in [3.05, 3.63) is 47.5 Å². The van der Waals surface area contributed by atoms with Crippen molar-refractivity contribution in [1.82, 2.24) is 15.0 Å². The number of thiazole rings is 1. The number of carbonyl (C=O) groups excluding carboxylic acids is 1. The van der Waals surface area contributed by atoms with Crippen LogP contribution in [0, 0.1) is 5.82 Å². The summed E-state index contributed by atoms with van der Waals surface area (Å²) in [6, 6.07) is 3.84. The highest BCUT2D eigenvalue weighted by Crippen LogP contribution is 2.32. The number of hydrogen-bond donors (Lipinski definition) is 2. The second-order valence-corrected chi connectivity index (χ2v) is 10.9. The van der Waals surface area contributed by atoms with Crippen LogP contribution in [-0.4, -0.2) is 43.1 Å². The lowest BCUT2D eigenvalue weighted by Gasteiger charge is -2.22. The predicted octanol–water partition coefficient (Wildman–Crippen LogP) is 4.83. The number of anilines is 2. The van der Waals surface area contributed by atoms with Crippen LogP contribution in [0.2, 0.25) is 0 Å². The minimum absolute atomic E-state index is 0.0952. The van der Waals surface area contributed by atoms with E-state index in [9.17, 15) is 26.6 Å². The van der Waals surface area contributed by atoms with Gasteiger partial charge in [-0.3, -0.25) is 14.5 Å². The molecule has 1 aliphatic rings. The van der Waals surface area contributed by atoms with Crippen molar-refractivity contribution in [2.75, 3.05) is 16.6 Å². The number of nitrogens with one attached hydrogen (secondary N) is 2. The quantitative estimate of drug-likeness (QED) is 0.375. The fourth-order valence-corrected chi connectivity index (χ4v) is 5.05. The maximum absolute atomic E-state index is 14.8. The molecule has 192 valence electrons. The summed E-state index contributed by atoms with van der Waals surface area (Å²) in [4.78, 5) is 25.0. The van der Waals surface area contributed by atoms with Crippen molar-refractivity contribution in [2.24, 2.45) is 0 Å². The van der Waals surface area contributed by atoms with E-state index in [2.05, 4.69) is 29.7 Å². The van der Waals surface area contributed by atoms with E-state index < -0.39 is 40.9 Å². The topological polar surface area (TPSA) is 106 Å². The third kappa shape index (κ3) is 6.35. The first kappa shape index (κ1) is 25.9. The van der Waals surface area contributed by atoms with E-state index in [-0.39, 0.29) is 28.1 Å². The van der Waals surface area contributed by atoms with Gasteiger partial charge in [0.25, 0.3) is 0 Å². The molecule has 2 heterocycles. The largest absolute Gasteiger partial charge is 0.467 e. The standard InChI is InChI=1S/C22H21F4N5O3S2/c1-21(2,17-10-35-20(30-17)31-36(33)13-4-5-13)19(32)29-15-6-3-12(7-14(15)23)16-8-27-9-18(28-16)34-11-22(24,25)26/h3,6-10,13H,4-5,11H2,1-2H3,(H,29,32)(H,30,31). The molecule has 0 radical (unpaired) electrons. The number of benzene rings is 1. The Hall–Kier alpha value is -3.13. The molecular formula is C22H21F4N5O3S2. The minimum atomic E-state index is -4.54. The molecule has 1 saturated carbocycles. The third-order valence-electron chi connectivity index (χ3n) is 5.24.